The first-order chi connectivity index (χ1) is 43.9. The lowest BCUT2D eigenvalue weighted by Crippen LogP contribution is -2.59. The molecule has 27 nitrogen and oxygen atoms in total. The van der Waals surface area contributed by atoms with Gasteiger partial charge in [0.25, 0.3) is 0 Å². The molecule has 7 amide bonds. The van der Waals surface area contributed by atoms with Gasteiger partial charge in [-0.15, -0.1) is 10.2 Å². The van der Waals surface area contributed by atoms with Crippen LogP contribution in [0.4, 0.5) is 0 Å². The van der Waals surface area contributed by atoms with Crippen molar-refractivity contribution in [3.8, 4) is 0 Å². The first-order valence-electron chi connectivity index (χ1n) is 31.1. The summed E-state index contributed by atoms with van der Waals surface area (Å²) in [6.07, 6.45) is 1.19. The zero-order valence-corrected chi connectivity index (χ0v) is 52.7. The van der Waals surface area contributed by atoms with Crippen LogP contribution in [-0.4, -0.2) is 191 Å². The van der Waals surface area contributed by atoms with Gasteiger partial charge in [-0.25, -0.2) is 19.0 Å². The molecule has 2 saturated heterocycles. The number of aromatic nitrogens is 6. The molecule has 12 atom stereocenters. The van der Waals surface area contributed by atoms with E-state index >= 15 is 9.59 Å². The van der Waals surface area contributed by atoms with Gasteiger partial charge in [-0.3, -0.25) is 38.4 Å². The largest absolute Gasteiger partial charge is 0.480 e. The number of carbonyl (C=O) groups excluding carboxylic acids is 8. The molecular formula is C65H81N15O12. The van der Waals surface area contributed by atoms with Gasteiger partial charge >= 0.3 is 11.9 Å². The fraction of sp³-hybridized carbons (Fsp3) is 0.477. The molecule has 5 heterocycles. The molecule has 27 heteroatoms. The zero-order valence-electron chi connectivity index (χ0n) is 52.7. The zero-order chi connectivity index (χ0) is 66.2. The molecule has 0 aliphatic carbocycles. The van der Waals surface area contributed by atoms with E-state index in [1.807, 2.05) is 78.9 Å². The predicted octanol–water partition coefficient (Wildman–Crippen LogP) is 1.44. The van der Waals surface area contributed by atoms with E-state index in [4.69, 9.17) is 0 Å². The maximum atomic E-state index is 15.3. The van der Waals surface area contributed by atoms with Crippen LogP contribution in [0.15, 0.2) is 97.3 Å². The Labute approximate surface area is 531 Å². The van der Waals surface area contributed by atoms with E-state index < -0.39 is 163 Å². The second kappa shape index (κ2) is 29.2. The minimum Gasteiger partial charge on any atom is -0.480 e. The average Bonchev–Trinajstić information content (AvgIpc) is 1.72. The molecule has 9 N–H and O–H groups in total. The van der Waals surface area contributed by atoms with E-state index in [1.54, 1.807) is 61.7 Å². The van der Waals surface area contributed by atoms with Crippen LogP contribution in [0.5, 0.6) is 0 Å². The molecule has 2 fully saturated rings. The molecule has 9 rings (SSSR count). The van der Waals surface area contributed by atoms with Crippen molar-refractivity contribution in [1.29, 1.82) is 0 Å². The minimum atomic E-state index is -1.66. The smallest absolute Gasteiger partial charge is 0.326 e. The molecule has 0 radical (unpaired) electrons. The number of likely N-dealkylation sites (tertiary alicyclic amines) is 2. The molecule has 3 aliphatic rings. The van der Waals surface area contributed by atoms with Crippen LogP contribution >= 0.6 is 0 Å². The summed E-state index contributed by atoms with van der Waals surface area (Å²) in [6.45, 7) is 9.87. The number of nitrogens with zero attached hydrogens (tertiary/aromatic N) is 8. The number of likely N-dealkylation sites (N-methyl/N-ethyl adjacent to an activating group) is 2. The Morgan fingerprint density at radius 3 is 1.43 bits per heavy atom. The summed E-state index contributed by atoms with van der Waals surface area (Å²) < 4.78 is 2.78. The molecule has 2 aromatic heterocycles. The fourth-order valence-electron chi connectivity index (χ4n) is 12.2. The molecule has 6 aromatic rings. The molecule has 0 saturated carbocycles. The number of Topliss-reactive ketones (excluding diaryl/α,β-unsaturated/α-hetero) is 1. The number of rotatable bonds is 16. The third-order valence-corrected chi connectivity index (χ3v) is 17.8. The van der Waals surface area contributed by atoms with E-state index in [-0.39, 0.29) is 50.2 Å². The molecule has 4 aromatic carbocycles. The number of ketones is 1. The van der Waals surface area contributed by atoms with E-state index in [9.17, 15) is 48.6 Å². The first kappa shape index (κ1) is 66.9. The second-order valence-electron chi connectivity index (χ2n) is 25.1. The Hall–Kier alpha value is -9.50. The van der Waals surface area contributed by atoms with Crippen LogP contribution in [0.25, 0.3) is 21.5 Å². The molecule has 8 bridgehead atoms. The summed E-state index contributed by atoms with van der Waals surface area (Å²) in [6, 6.07) is 13.5. The lowest BCUT2D eigenvalue weighted by Gasteiger charge is -2.31. The fourth-order valence-corrected chi connectivity index (χ4v) is 12.2. The average molecular weight is 1260 g/mol. The maximum absolute atomic E-state index is 15.3. The van der Waals surface area contributed by atoms with Crippen molar-refractivity contribution in [3.63, 3.8) is 0 Å². The Morgan fingerprint density at radius 1 is 0.543 bits per heavy atom. The van der Waals surface area contributed by atoms with Gasteiger partial charge in [0, 0.05) is 63.5 Å². The first-order valence-corrected chi connectivity index (χ1v) is 31.1. The van der Waals surface area contributed by atoms with Crippen molar-refractivity contribution >= 4 is 80.6 Å². The number of hydrogen-bond acceptors (Lipinski definition) is 16. The highest BCUT2D eigenvalue weighted by atomic mass is 16.4. The molecule has 488 valence electrons. The number of benzene rings is 4. The van der Waals surface area contributed by atoms with Crippen LogP contribution in [0.2, 0.25) is 0 Å². The van der Waals surface area contributed by atoms with Crippen molar-refractivity contribution in [1.82, 2.24) is 77.0 Å². The number of carbonyl (C=O) groups is 10. The van der Waals surface area contributed by atoms with Gasteiger partial charge in [0.2, 0.25) is 41.4 Å². The summed E-state index contributed by atoms with van der Waals surface area (Å²) in [5.41, 5.74) is 1.44. The Balaban J connectivity index is 1.11. The predicted molar refractivity (Wildman–Crippen MR) is 336 cm³/mol. The van der Waals surface area contributed by atoms with E-state index in [1.165, 1.54) is 31.6 Å². The van der Waals surface area contributed by atoms with Crippen LogP contribution < -0.4 is 37.2 Å². The van der Waals surface area contributed by atoms with Crippen LogP contribution in [0, 0.1) is 17.8 Å². The van der Waals surface area contributed by atoms with Crippen LogP contribution in [0.1, 0.15) is 95.4 Å². The lowest BCUT2D eigenvalue weighted by molar-refractivity contribution is -0.144. The third-order valence-electron chi connectivity index (χ3n) is 17.8. The van der Waals surface area contributed by atoms with Crippen molar-refractivity contribution in [3.05, 3.63) is 120 Å². The van der Waals surface area contributed by atoms with Crippen molar-refractivity contribution in [2.24, 2.45) is 17.8 Å². The van der Waals surface area contributed by atoms with E-state index in [0.29, 0.717) is 11.1 Å². The molecule has 92 heavy (non-hydrogen) atoms. The summed E-state index contributed by atoms with van der Waals surface area (Å²) in [5, 5.41) is 61.9. The van der Waals surface area contributed by atoms with Gasteiger partial charge in [-0.1, -0.05) is 123 Å². The minimum absolute atomic E-state index is 0.0407. The van der Waals surface area contributed by atoms with Crippen molar-refractivity contribution in [2.45, 2.75) is 153 Å². The number of nitrogens with one attached hydrogen (secondary N) is 7. The molecular weight excluding hydrogens is 1180 g/mol. The molecule has 0 spiro atoms. The SMILES string of the molecule is CN[C@@H](C)C(=O)N[C@H](C(=O)N1CC2C[C@H]1C(=O)C[C@@H](Cc1ccc3ccccc3c1)C(=O)N[C@H](C(=O)O)Cc1cn(nn1)[C@H]1C[C@@H](C(=O)N[C@@H](Cc3ccc4ccccc4c3)C(=O)N[C@H](C(=O)O)Cc3cn2nn3)N(C(=O)[C@@H](NC(=O)[C@H](C)NC)C(C)C)C1)C(C)C. The van der Waals surface area contributed by atoms with Crippen LogP contribution in [-0.2, 0) is 73.6 Å². The van der Waals surface area contributed by atoms with Crippen LogP contribution in [0.3, 0.4) is 0 Å². The van der Waals surface area contributed by atoms with Gasteiger partial charge in [-0.05, 0) is 85.3 Å². The number of amides is 7. The number of fused-ring (bicyclic) bond motifs is 12. The lowest BCUT2D eigenvalue weighted by atomic mass is 9.89. The Bertz CT molecular complexity index is 3520. The third kappa shape index (κ3) is 15.6. The number of carboxylic acids is 2. The summed E-state index contributed by atoms with van der Waals surface area (Å²) in [5.74, 6) is -10.3. The summed E-state index contributed by atoms with van der Waals surface area (Å²) in [4.78, 5) is 146. The van der Waals surface area contributed by atoms with Gasteiger partial charge in [-0.2, -0.15) is 0 Å². The molecule has 3 aliphatic heterocycles. The number of aliphatic carboxylic acids is 2. The summed E-state index contributed by atoms with van der Waals surface area (Å²) in [7, 11) is 3.18. The van der Waals surface area contributed by atoms with Gasteiger partial charge < -0.3 is 57.2 Å². The highest BCUT2D eigenvalue weighted by Crippen LogP contribution is 2.33. The quantitative estimate of drug-likeness (QED) is 0.0662. The monoisotopic (exact) mass is 1260 g/mol. The van der Waals surface area contributed by atoms with Gasteiger partial charge in [0.1, 0.15) is 36.3 Å². The maximum Gasteiger partial charge on any atom is 0.326 e. The normalized spacial score (nSPS) is 23.1. The Kier molecular flexibility index (Phi) is 21.2. The number of carboxylic acid groups (broad SMARTS) is 2. The highest BCUT2D eigenvalue weighted by molar-refractivity contribution is 5.98. The van der Waals surface area contributed by atoms with Gasteiger partial charge in [0.05, 0.1) is 41.6 Å². The standard InChI is InChI=1S/C65H81N15O12/c1-34(2)55(71-57(82)36(5)66-7)62(87)77-32-47-28-52(77)54(81)25-44(23-38-17-19-40-13-9-11-15-42(40)21-38)59(84)69-50(64(89)90)26-45-31-80(76-73-45)48-29-53(78(33-48)63(88)56(35(3)4)72-58(83)37(6)67-8)61(86)68-49(24-39-18-20-41-14-10-12-16-43(41)22-39)60(85)70-51(65(91)92)27-46-30-79(47)75-74-46/h9-22,30-31,34-37,44,47-53,55-56,66-67H,23-29,32-33H2,1-8H3,(H,68,86)(H,69,84)(H,70,85)(H,71,82)(H,72,83)(H,89,90)(H,91,92)/t36-,37-,44+,47?,48-,49-,50-,51-,52-,53-,55-,56-/m0/s1. The Morgan fingerprint density at radius 2 is 0.978 bits per heavy atom. The molecule has 1 unspecified atom stereocenters. The van der Waals surface area contributed by atoms with E-state index in [0.717, 1.165) is 21.5 Å². The number of hydrogen-bond donors (Lipinski definition) is 9. The highest BCUT2D eigenvalue weighted by Gasteiger charge is 2.47. The summed E-state index contributed by atoms with van der Waals surface area (Å²) >= 11 is 0. The second-order valence-corrected chi connectivity index (χ2v) is 25.1. The van der Waals surface area contributed by atoms with Crippen molar-refractivity contribution in [2.75, 3.05) is 27.2 Å². The van der Waals surface area contributed by atoms with Crippen molar-refractivity contribution < 1.29 is 58.2 Å². The van der Waals surface area contributed by atoms with Gasteiger partial charge in [0.15, 0.2) is 5.78 Å². The topological polar surface area (TPSA) is 363 Å². The van der Waals surface area contributed by atoms with E-state index in [2.05, 4.69) is 57.8 Å².